The van der Waals surface area contributed by atoms with Gasteiger partial charge in [0.1, 0.15) is 6.10 Å². The molecule has 0 bridgehead atoms. The Labute approximate surface area is 179 Å². The average Bonchev–Trinajstić information content (AvgIpc) is 2.65. The Balaban J connectivity index is 2.29. The van der Waals surface area contributed by atoms with Gasteiger partial charge >= 0.3 is 17.9 Å². The van der Waals surface area contributed by atoms with E-state index < -0.39 is 65.3 Å². The highest BCUT2D eigenvalue weighted by atomic mass is 32.2. The van der Waals surface area contributed by atoms with E-state index in [1.165, 1.54) is 12.1 Å². The molecule has 1 aliphatic rings. The van der Waals surface area contributed by atoms with Gasteiger partial charge in [0.15, 0.2) is 24.6 Å². The Kier molecular flexibility index (Phi) is 8.12. The predicted octanol–water partition coefficient (Wildman–Crippen LogP) is 0.213. The molecule has 11 nitrogen and oxygen atoms in total. The molecule has 0 aromatic heterocycles. The molecule has 1 fully saturated rings. The number of aliphatic hydroxyl groups is 1. The summed E-state index contributed by atoms with van der Waals surface area (Å²) in [6.07, 6.45) is -7.59. The molecule has 0 aliphatic carbocycles. The van der Waals surface area contributed by atoms with Crippen LogP contribution in [0.2, 0.25) is 0 Å². The second kappa shape index (κ2) is 10.2. The highest BCUT2D eigenvalue weighted by Gasteiger charge is 2.51. The minimum absolute atomic E-state index is 0.118. The van der Waals surface area contributed by atoms with Crippen molar-refractivity contribution in [2.45, 2.75) is 63.3 Å². The number of aliphatic hydroxyl groups excluding tert-OH is 1. The first kappa shape index (κ1) is 24.7. The van der Waals surface area contributed by atoms with Crippen LogP contribution in [0.4, 0.5) is 0 Å². The van der Waals surface area contributed by atoms with Gasteiger partial charge in [0.25, 0.3) is 10.1 Å². The topological polar surface area (TPSA) is 152 Å². The summed E-state index contributed by atoms with van der Waals surface area (Å²) in [5, 5.41) is 10.3. The van der Waals surface area contributed by atoms with Crippen molar-refractivity contribution >= 4 is 28.0 Å². The van der Waals surface area contributed by atoms with Gasteiger partial charge in [-0.3, -0.25) is 18.6 Å². The summed E-state index contributed by atoms with van der Waals surface area (Å²) in [4.78, 5) is 34.4. The van der Waals surface area contributed by atoms with E-state index in [1.54, 1.807) is 19.1 Å². The Hall–Kier alpha value is -2.54. The highest BCUT2D eigenvalue weighted by molar-refractivity contribution is 7.86. The van der Waals surface area contributed by atoms with Crippen LogP contribution in [0.3, 0.4) is 0 Å². The quantitative estimate of drug-likeness (QED) is 0.338. The van der Waals surface area contributed by atoms with Gasteiger partial charge in [0, 0.05) is 20.8 Å². The maximum Gasteiger partial charge on any atom is 0.303 e. The Morgan fingerprint density at radius 2 is 1.39 bits per heavy atom. The molecule has 0 unspecified atom stereocenters. The fourth-order valence-corrected chi connectivity index (χ4v) is 3.85. The molecule has 1 saturated heterocycles. The molecule has 31 heavy (non-hydrogen) atoms. The van der Waals surface area contributed by atoms with E-state index in [-0.39, 0.29) is 4.90 Å². The summed E-state index contributed by atoms with van der Waals surface area (Å²) in [6, 6.07) is 5.87. The molecule has 5 atom stereocenters. The molecule has 12 heteroatoms. The molecule has 0 spiro atoms. The van der Waals surface area contributed by atoms with E-state index in [1.807, 2.05) is 0 Å². The third-order valence-electron chi connectivity index (χ3n) is 4.21. The van der Waals surface area contributed by atoms with Crippen LogP contribution in [0.1, 0.15) is 26.3 Å². The van der Waals surface area contributed by atoms with Gasteiger partial charge in [-0.2, -0.15) is 8.42 Å². The van der Waals surface area contributed by atoms with Crippen molar-refractivity contribution in [1.82, 2.24) is 0 Å². The molecule has 1 N–H and O–H groups in total. The van der Waals surface area contributed by atoms with Crippen molar-refractivity contribution in [2.75, 3.05) is 6.61 Å². The standard InChI is InChI=1S/C19H24O11S/c1-10-5-7-14(8-6-10)31(24,25)26-9-15-16(27-11(2)20)17(28-12(3)21)18(19(23)30-15)29-13(4)22/h5-8,15-19,23H,9H2,1-4H3/t15-,16-,17+,18-,19+/m0/s1. The maximum absolute atomic E-state index is 12.5. The summed E-state index contributed by atoms with van der Waals surface area (Å²) >= 11 is 0. The largest absolute Gasteiger partial charge is 0.456 e. The second-order valence-corrected chi connectivity index (χ2v) is 8.45. The van der Waals surface area contributed by atoms with Gasteiger partial charge < -0.3 is 24.1 Å². The van der Waals surface area contributed by atoms with E-state index in [0.717, 1.165) is 26.3 Å². The fourth-order valence-electron chi connectivity index (χ4n) is 2.94. The molecule has 1 heterocycles. The number of esters is 3. The summed E-state index contributed by atoms with van der Waals surface area (Å²) in [5.41, 5.74) is 0.841. The second-order valence-electron chi connectivity index (χ2n) is 6.84. The number of aryl methyl sites for hydroxylation is 1. The molecule has 1 aromatic carbocycles. The maximum atomic E-state index is 12.5. The van der Waals surface area contributed by atoms with Gasteiger partial charge in [0.2, 0.25) is 0 Å². The summed E-state index contributed by atoms with van der Waals surface area (Å²) in [6.45, 7) is 4.28. The van der Waals surface area contributed by atoms with Crippen molar-refractivity contribution in [1.29, 1.82) is 0 Å². The van der Waals surface area contributed by atoms with Gasteiger partial charge in [-0.05, 0) is 19.1 Å². The van der Waals surface area contributed by atoms with E-state index >= 15 is 0 Å². The van der Waals surface area contributed by atoms with Gasteiger partial charge in [-0.25, -0.2) is 0 Å². The fraction of sp³-hybridized carbons (Fsp3) is 0.526. The number of carbonyl (C=O) groups excluding carboxylic acids is 3. The first-order chi connectivity index (χ1) is 14.4. The first-order valence-corrected chi connectivity index (χ1v) is 10.6. The van der Waals surface area contributed by atoms with Crippen molar-refractivity contribution in [2.24, 2.45) is 0 Å². The molecular weight excluding hydrogens is 436 g/mol. The SMILES string of the molecule is CC(=O)O[C@@H]1[C@@H](OC(C)=O)[C@H](COS(=O)(=O)c2ccc(C)cc2)O[C@@H](O)[C@H]1OC(C)=O. The van der Waals surface area contributed by atoms with Crippen molar-refractivity contribution in [3.05, 3.63) is 29.8 Å². The lowest BCUT2D eigenvalue weighted by Crippen LogP contribution is -2.62. The molecule has 172 valence electrons. The van der Waals surface area contributed by atoms with E-state index in [2.05, 4.69) is 0 Å². The lowest BCUT2D eigenvalue weighted by Gasteiger charge is -2.42. The van der Waals surface area contributed by atoms with Crippen LogP contribution in [-0.4, -0.2) is 68.7 Å². The molecule has 0 saturated carbocycles. The van der Waals surface area contributed by atoms with E-state index in [9.17, 15) is 27.9 Å². The molecular formula is C19H24O11S. The monoisotopic (exact) mass is 460 g/mol. The van der Waals surface area contributed by atoms with Crippen LogP contribution in [0, 0.1) is 6.92 Å². The Bertz CT molecular complexity index is 909. The Morgan fingerprint density at radius 3 is 1.90 bits per heavy atom. The van der Waals surface area contributed by atoms with Crippen molar-refractivity contribution in [3.8, 4) is 0 Å². The summed E-state index contributed by atoms with van der Waals surface area (Å²) < 4.78 is 50.5. The van der Waals surface area contributed by atoms with Crippen LogP contribution in [0.15, 0.2) is 29.2 Å². The normalized spacial score (nSPS) is 26.0. The van der Waals surface area contributed by atoms with Crippen LogP contribution in [0.5, 0.6) is 0 Å². The van der Waals surface area contributed by atoms with Crippen molar-refractivity contribution in [3.63, 3.8) is 0 Å². The zero-order valence-corrected chi connectivity index (χ0v) is 18.2. The minimum Gasteiger partial charge on any atom is -0.456 e. The van der Waals surface area contributed by atoms with E-state index in [4.69, 9.17) is 23.1 Å². The smallest absolute Gasteiger partial charge is 0.303 e. The molecule has 0 amide bonds. The van der Waals surface area contributed by atoms with E-state index in [0.29, 0.717) is 0 Å². The summed E-state index contributed by atoms with van der Waals surface area (Å²) in [5.74, 6) is -2.45. The Morgan fingerprint density at radius 1 is 0.903 bits per heavy atom. The third kappa shape index (κ3) is 6.72. The minimum atomic E-state index is -4.21. The number of benzene rings is 1. The van der Waals surface area contributed by atoms with Crippen LogP contribution in [0.25, 0.3) is 0 Å². The van der Waals surface area contributed by atoms with Crippen LogP contribution >= 0.6 is 0 Å². The zero-order valence-electron chi connectivity index (χ0n) is 17.3. The lowest BCUT2D eigenvalue weighted by atomic mass is 9.98. The van der Waals surface area contributed by atoms with Crippen LogP contribution < -0.4 is 0 Å². The number of hydrogen-bond donors (Lipinski definition) is 1. The average molecular weight is 460 g/mol. The number of ether oxygens (including phenoxy) is 4. The molecule has 0 radical (unpaired) electrons. The zero-order chi connectivity index (χ0) is 23.3. The lowest BCUT2D eigenvalue weighted by molar-refractivity contribution is -0.294. The molecule has 1 aromatic rings. The van der Waals surface area contributed by atoms with Gasteiger partial charge in [-0.15, -0.1) is 0 Å². The summed E-state index contributed by atoms with van der Waals surface area (Å²) in [7, 11) is -4.21. The van der Waals surface area contributed by atoms with Gasteiger partial charge in [0.05, 0.1) is 11.5 Å². The van der Waals surface area contributed by atoms with Crippen LogP contribution in [-0.2, 0) is 47.6 Å². The first-order valence-electron chi connectivity index (χ1n) is 9.22. The number of hydrogen-bond acceptors (Lipinski definition) is 11. The number of rotatable bonds is 7. The molecule has 2 rings (SSSR count). The highest BCUT2D eigenvalue weighted by Crippen LogP contribution is 2.29. The van der Waals surface area contributed by atoms with Gasteiger partial charge in [-0.1, -0.05) is 17.7 Å². The molecule has 1 aliphatic heterocycles. The third-order valence-corrected chi connectivity index (χ3v) is 5.51. The number of carbonyl (C=O) groups is 3. The predicted molar refractivity (Wildman–Crippen MR) is 102 cm³/mol. The van der Waals surface area contributed by atoms with Crippen molar-refractivity contribution < 1.29 is 51.0 Å².